The quantitative estimate of drug-likeness (QED) is 0.191. The van der Waals surface area contributed by atoms with Gasteiger partial charge in [0, 0.05) is 35.1 Å². The van der Waals surface area contributed by atoms with Gasteiger partial charge in [-0.3, -0.25) is 19.3 Å². The summed E-state index contributed by atoms with van der Waals surface area (Å²) in [5.41, 5.74) is 8.87. The highest BCUT2D eigenvalue weighted by molar-refractivity contribution is 6.19. The lowest BCUT2D eigenvalue weighted by molar-refractivity contribution is -0.140. The Labute approximate surface area is 241 Å². The van der Waals surface area contributed by atoms with Crippen molar-refractivity contribution in [2.45, 2.75) is 70.0 Å². The van der Waals surface area contributed by atoms with Crippen LogP contribution >= 0.6 is 0 Å². The van der Waals surface area contributed by atoms with Crippen LogP contribution in [-0.4, -0.2) is 42.1 Å². The molecule has 3 aromatic carbocycles. The molecule has 5 rings (SSSR count). The van der Waals surface area contributed by atoms with Crippen LogP contribution in [0.15, 0.2) is 78.9 Å². The van der Waals surface area contributed by atoms with Gasteiger partial charge in [-0.25, -0.2) is 0 Å². The average molecular weight is 554 g/mol. The fraction of sp³-hybridized carbons (Fsp3) is 0.333. The van der Waals surface area contributed by atoms with Gasteiger partial charge in [-0.15, -0.1) is 0 Å². The molecule has 2 unspecified atom stereocenters. The summed E-state index contributed by atoms with van der Waals surface area (Å²) in [4.78, 5) is 43.1. The molecule has 3 amide bonds. The standard InChI is InChI=1S/C31H33N5O3.C2H6/c32-19-22-18-24(16-17-25(22)33)36-28(29(37)34-23-14-8-3-9-15-23)30(38)35-27(31(36)39)26(20-10-4-1-5-11-20)21-12-6-2-7-13-21;1-2/h1-2,4-7,10-13,16-19,23,26-28,32H,3,8-9,14-15,33H2,(H,34,37)(H,35,38);1-2H3. The molecule has 1 saturated heterocycles. The van der Waals surface area contributed by atoms with Crippen molar-refractivity contribution in [3.05, 3.63) is 95.6 Å². The molecule has 214 valence electrons. The van der Waals surface area contributed by atoms with E-state index in [0.29, 0.717) is 16.9 Å². The summed E-state index contributed by atoms with van der Waals surface area (Å²) < 4.78 is 0. The maximum absolute atomic E-state index is 14.4. The number of carbonyl (C=O) groups excluding carboxylic acids is 3. The molecule has 0 bridgehead atoms. The summed E-state index contributed by atoms with van der Waals surface area (Å²) in [6.07, 6.45) is 5.95. The number of benzene rings is 3. The van der Waals surface area contributed by atoms with Crippen LogP contribution < -0.4 is 21.3 Å². The Bertz CT molecular complexity index is 1320. The number of nitrogens with zero attached hydrogens (tertiary/aromatic N) is 1. The molecule has 0 aromatic heterocycles. The van der Waals surface area contributed by atoms with Gasteiger partial charge >= 0.3 is 0 Å². The number of piperazine rings is 1. The lowest BCUT2D eigenvalue weighted by Crippen LogP contribution is -2.69. The molecular formula is C33H39N5O3. The normalized spacial score (nSPS) is 19.1. The Hall–Kier alpha value is -4.46. The van der Waals surface area contributed by atoms with Gasteiger partial charge in [0.15, 0.2) is 6.04 Å². The molecule has 1 saturated carbocycles. The van der Waals surface area contributed by atoms with E-state index in [1.54, 1.807) is 18.2 Å². The summed E-state index contributed by atoms with van der Waals surface area (Å²) >= 11 is 0. The van der Waals surface area contributed by atoms with Crippen LogP contribution in [-0.2, 0) is 14.4 Å². The highest BCUT2D eigenvalue weighted by Crippen LogP contribution is 2.34. The average Bonchev–Trinajstić information content (AvgIpc) is 3.01. The van der Waals surface area contributed by atoms with E-state index in [-0.39, 0.29) is 6.04 Å². The molecule has 8 heteroatoms. The molecule has 41 heavy (non-hydrogen) atoms. The molecule has 2 aliphatic rings. The Kier molecular flexibility index (Phi) is 9.90. The fourth-order valence-corrected chi connectivity index (χ4v) is 5.69. The van der Waals surface area contributed by atoms with E-state index < -0.39 is 35.7 Å². The van der Waals surface area contributed by atoms with Crippen molar-refractivity contribution in [1.82, 2.24) is 10.6 Å². The second kappa shape index (κ2) is 13.7. The molecule has 5 N–H and O–H groups in total. The first-order chi connectivity index (χ1) is 20.0. The first-order valence-electron chi connectivity index (χ1n) is 14.4. The number of nitrogen functional groups attached to an aromatic ring is 1. The lowest BCUT2D eigenvalue weighted by atomic mass is 9.82. The number of anilines is 2. The molecule has 2 atom stereocenters. The molecule has 1 aliphatic carbocycles. The monoisotopic (exact) mass is 553 g/mol. The molecular weight excluding hydrogens is 514 g/mol. The zero-order valence-electron chi connectivity index (χ0n) is 23.7. The van der Waals surface area contributed by atoms with E-state index in [9.17, 15) is 14.4 Å². The summed E-state index contributed by atoms with van der Waals surface area (Å²) in [7, 11) is 0. The smallest absolute Gasteiger partial charge is 0.253 e. The highest BCUT2D eigenvalue weighted by atomic mass is 16.2. The van der Waals surface area contributed by atoms with Crippen LogP contribution in [0.2, 0.25) is 0 Å². The number of carbonyl (C=O) groups is 3. The zero-order valence-corrected chi connectivity index (χ0v) is 23.7. The van der Waals surface area contributed by atoms with Gasteiger partial charge in [0.25, 0.3) is 17.7 Å². The first kappa shape index (κ1) is 29.5. The van der Waals surface area contributed by atoms with Gasteiger partial charge in [-0.05, 0) is 42.2 Å². The second-order valence-corrected chi connectivity index (χ2v) is 10.2. The lowest BCUT2D eigenvalue weighted by Gasteiger charge is -2.41. The number of hydrogen-bond acceptors (Lipinski definition) is 5. The molecule has 1 aliphatic heterocycles. The number of nitrogens with two attached hydrogens (primary N) is 1. The van der Waals surface area contributed by atoms with Gasteiger partial charge < -0.3 is 21.8 Å². The van der Waals surface area contributed by atoms with Crippen molar-refractivity contribution < 1.29 is 14.4 Å². The second-order valence-electron chi connectivity index (χ2n) is 10.2. The van der Waals surface area contributed by atoms with Gasteiger partial charge in [0.05, 0.1) is 0 Å². The van der Waals surface area contributed by atoms with E-state index in [2.05, 4.69) is 10.6 Å². The van der Waals surface area contributed by atoms with Gasteiger partial charge in [0.2, 0.25) is 0 Å². The van der Waals surface area contributed by atoms with Crippen LogP contribution in [0.25, 0.3) is 0 Å². The van der Waals surface area contributed by atoms with Crippen LogP contribution in [0.5, 0.6) is 0 Å². The molecule has 1 heterocycles. The molecule has 2 fully saturated rings. The summed E-state index contributed by atoms with van der Waals surface area (Å²) in [5.74, 6) is -1.94. The van der Waals surface area contributed by atoms with Crippen LogP contribution in [0.3, 0.4) is 0 Å². The summed E-state index contributed by atoms with van der Waals surface area (Å²) in [5, 5.41) is 13.7. The van der Waals surface area contributed by atoms with E-state index in [4.69, 9.17) is 11.1 Å². The molecule has 3 aromatic rings. The maximum Gasteiger partial charge on any atom is 0.253 e. The third-order valence-electron chi connectivity index (χ3n) is 7.66. The van der Waals surface area contributed by atoms with Crippen molar-refractivity contribution in [3.63, 3.8) is 0 Å². The zero-order chi connectivity index (χ0) is 29.4. The van der Waals surface area contributed by atoms with E-state index in [1.165, 1.54) is 4.90 Å². The molecule has 0 spiro atoms. The number of nitrogens with one attached hydrogen (secondary N) is 3. The third-order valence-corrected chi connectivity index (χ3v) is 7.66. The third kappa shape index (κ3) is 6.48. The number of amides is 3. The fourth-order valence-electron chi connectivity index (χ4n) is 5.69. The van der Waals surface area contributed by atoms with Gasteiger partial charge in [-0.1, -0.05) is 93.8 Å². The predicted molar refractivity (Wildman–Crippen MR) is 163 cm³/mol. The predicted octanol–water partition coefficient (Wildman–Crippen LogP) is 4.77. The summed E-state index contributed by atoms with van der Waals surface area (Å²) in [6, 6.07) is 21.5. The van der Waals surface area contributed by atoms with Gasteiger partial charge in [-0.2, -0.15) is 0 Å². The number of hydrogen-bond donors (Lipinski definition) is 4. The Balaban J connectivity index is 0.00000189. The topological polar surface area (TPSA) is 128 Å². The first-order valence-corrected chi connectivity index (χ1v) is 14.4. The highest BCUT2D eigenvalue weighted by Gasteiger charge is 2.48. The Morgan fingerprint density at radius 3 is 2.10 bits per heavy atom. The van der Waals surface area contributed by atoms with Crippen molar-refractivity contribution in [2.75, 3.05) is 10.6 Å². The van der Waals surface area contributed by atoms with Crippen LogP contribution in [0.1, 0.15) is 68.6 Å². The van der Waals surface area contributed by atoms with Crippen molar-refractivity contribution in [3.8, 4) is 0 Å². The molecule has 0 radical (unpaired) electrons. The largest absolute Gasteiger partial charge is 0.398 e. The van der Waals surface area contributed by atoms with Crippen LogP contribution in [0.4, 0.5) is 11.4 Å². The van der Waals surface area contributed by atoms with Gasteiger partial charge in [0.1, 0.15) is 6.04 Å². The van der Waals surface area contributed by atoms with Crippen molar-refractivity contribution in [1.29, 1.82) is 5.41 Å². The summed E-state index contributed by atoms with van der Waals surface area (Å²) in [6.45, 7) is 4.00. The van der Waals surface area contributed by atoms with Crippen molar-refractivity contribution in [2.24, 2.45) is 0 Å². The Morgan fingerprint density at radius 2 is 1.54 bits per heavy atom. The SMILES string of the molecule is CC.N=Cc1cc(N2C(=O)C(C(c3ccccc3)c3ccccc3)NC(=O)C2C(=O)NC2CCCCC2)ccc1N. The van der Waals surface area contributed by atoms with Crippen molar-refractivity contribution >= 4 is 35.3 Å². The van der Waals surface area contributed by atoms with E-state index in [1.807, 2.05) is 74.5 Å². The van der Waals surface area contributed by atoms with E-state index in [0.717, 1.165) is 49.4 Å². The van der Waals surface area contributed by atoms with Crippen LogP contribution in [0, 0.1) is 5.41 Å². The minimum Gasteiger partial charge on any atom is -0.398 e. The minimum atomic E-state index is -1.38. The molecule has 8 nitrogen and oxygen atoms in total. The minimum absolute atomic E-state index is 0.0290. The Morgan fingerprint density at radius 1 is 0.951 bits per heavy atom. The number of rotatable bonds is 7. The van der Waals surface area contributed by atoms with E-state index >= 15 is 0 Å². The maximum atomic E-state index is 14.4.